The topological polar surface area (TPSA) is 329 Å². The van der Waals surface area contributed by atoms with Crippen molar-refractivity contribution in [1.29, 1.82) is 5.53 Å². The molecule has 8 rings (SSSR count). The first-order valence-electron chi connectivity index (χ1n) is 27.7. The molecular weight excluding hydrogens is 1640 g/mol. The number of hydrogen-bond acceptors (Lipinski definition) is 17. The monoisotopic (exact) mass is 1680 g/mol. The van der Waals surface area contributed by atoms with Crippen molar-refractivity contribution < 1.29 is 103 Å². The summed E-state index contributed by atoms with van der Waals surface area (Å²) in [6, 6.07) is 20.5. The second-order valence-corrected chi connectivity index (χ2v) is 28.1. The smallest absolute Gasteiger partial charge is 0.417 e. The molecule has 0 radical (unpaired) electrons. The van der Waals surface area contributed by atoms with Gasteiger partial charge in [0.05, 0.1) is 90.4 Å². The van der Waals surface area contributed by atoms with Gasteiger partial charge in [-0.1, -0.05) is 74.2 Å². The van der Waals surface area contributed by atoms with Crippen molar-refractivity contribution in [2.45, 2.75) is 33.2 Å². The van der Waals surface area contributed by atoms with Crippen LogP contribution in [0, 0.1) is 17.2 Å². The van der Waals surface area contributed by atoms with Gasteiger partial charge in [-0.3, -0.25) is 14.3 Å². The van der Waals surface area contributed by atoms with Crippen molar-refractivity contribution in [3.05, 3.63) is 215 Å². The van der Waals surface area contributed by atoms with Gasteiger partial charge in [-0.05, 0) is 132 Å². The van der Waals surface area contributed by atoms with Crippen LogP contribution in [0.3, 0.4) is 0 Å². The molecule has 3 aromatic heterocycles. The summed E-state index contributed by atoms with van der Waals surface area (Å²) in [6.07, 6.45) is -11.5. The summed E-state index contributed by atoms with van der Waals surface area (Å²) in [7, 11) is -5.66. The number of alkyl halides is 9. The Morgan fingerprint density at radius 3 is 1.28 bits per heavy atom. The molecule has 0 atom stereocenters. The van der Waals surface area contributed by atoms with E-state index in [0.29, 0.717) is 26.8 Å². The van der Waals surface area contributed by atoms with Gasteiger partial charge >= 0.3 is 24.5 Å². The molecule has 0 aliphatic carbocycles. The highest BCUT2D eigenvalue weighted by atomic mass is 35.5. The number of rotatable bonds is 19. The number of anilines is 5. The highest BCUT2D eigenvalue weighted by Gasteiger charge is 2.40. The van der Waals surface area contributed by atoms with Crippen LogP contribution in [-0.2, 0) is 58.1 Å². The van der Waals surface area contributed by atoms with Gasteiger partial charge < -0.3 is 29.7 Å². The van der Waals surface area contributed by atoms with E-state index in [-0.39, 0.29) is 49.3 Å². The van der Waals surface area contributed by atoms with Gasteiger partial charge in [0.15, 0.2) is 17.1 Å². The largest absolute Gasteiger partial charge is 0.476 e. The normalized spacial score (nSPS) is 11.6. The third-order valence-corrected chi connectivity index (χ3v) is 19.3. The van der Waals surface area contributed by atoms with Gasteiger partial charge in [0.1, 0.15) is 25.1 Å². The van der Waals surface area contributed by atoms with Gasteiger partial charge in [-0.15, -0.1) is 0 Å². The number of ether oxygens (including phenoxy) is 2. The van der Waals surface area contributed by atoms with Gasteiger partial charge in [0.2, 0.25) is 0 Å². The Hall–Kier alpha value is -8.61. The standard InChI is InChI=1S/C20H13Cl2F4N3O3S.C17H16Cl2F3N3O4S.C15H11Cl2F3N2O5S.C7H8FN.ClHN4/c1-29(13-4-2-12(23)3-5-13)19(30)18-17(8-11(21)10-27-18)28-33(31,32)14-6-7-16(22)15(9-14)20(24,25)26;1-24(2)16(26)15-14(6-10(18)8-23-15)25(9-29-3)30(27,28)11-4-5-13(19)12(7-11)17(20,21)22;1-27-7-22(12-4-8(16)6-21-13(12)14(23)24)28(25,26)9-2-3-11(17)10(5-9)15(18,19)20;1-9-7-4-2-6(8)3-5-7;1-3-5-4-2/h2-10,28H,1H3;4-8H,9H2,1-3H3;2-6H,7H2,1H3,(H,23,24);2-5,9H,1H3;2H. The minimum absolute atomic E-state index is 0.00342. The van der Waals surface area contributed by atoms with Crippen molar-refractivity contribution >= 4 is 158 Å². The summed E-state index contributed by atoms with van der Waals surface area (Å²) in [5, 5.41) is 15.1. The number of methoxy groups -OCH3 is 2. The average Bonchev–Trinajstić information content (AvgIpc) is 0.780. The van der Waals surface area contributed by atoms with Gasteiger partial charge in [-0.25, -0.2) is 62.4 Å². The maximum Gasteiger partial charge on any atom is 0.417 e. The highest BCUT2D eigenvalue weighted by molar-refractivity contribution is 7.93. The van der Waals surface area contributed by atoms with E-state index in [9.17, 15) is 93.0 Å². The molecule has 8 aromatic rings. The molecule has 5 aromatic carbocycles. The number of aromatic nitrogens is 3. The zero-order valence-corrected chi connectivity index (χ0v) is 61.4. The summed E-state index contributed by atoms with van der Waals surface area (Å²) in [6.45, 7) is -1.34. The first-order chi connectivity index (χ1) is 48.7. The summed E-state index contributed by atoms with van der Waals surface area (Å²) in [5.41, 5.74) is 0.589. The predicted octanol–water partition coefficient (Wildman–Crippen LogP) is 16.8. The number of carboxylic acids is 1. The molecule has 0 unspecified atom stereocenters. The maximum absolute atomic E-state index is 13.2. The molecule has 0 aliphatic rings. The van der Waals surface area contributed by atoms with Gasteiger partial charge in [0, 0.05) is 72.4 Å². The molecular formula is C59H49Cl7F11N13O12S3. The first-order valence-corrected chi connectivity index (χ1v) is 34.6. The third-order valence-electron chi connectivity index (χ3n) is 12.8. The van der Waals surface area contributed by atoms with Gasteiger partial charge in [0.25, 0.3) is 41.9 Å². The maximum atomic E-state index is 13.2. The Morgan fingerprint density at radius 2 is 0.914 bits per heavy atom. The minimum Gasteiger partial charge on any atom is -0.476 e. The fourth-order valence-corrected chi connectivity index (χ4v) is 13.0. The number of pyridine rings is 3. The Morgan fingerprint density at radius 1 is 0.543 bits per heavy atom. The van der Waals surface area contributed by atoms with Crippen molar-refractivity contribution in [3.8, 4) is 0 Å². The second-order valence-electron chi connectivity index (χ2n) is 20.0. The molecule has 0 fully saturated rings. The van der Waals surface area contributed by atoms with Crippen LogP contribution in [0.4, 0.5) is 76.7 Å². The van der Waals surface area contributed by atoms with E-state index in [1.807, 2.05) is 4.72 Å². The number of benzene rings is 5. The molecule has 566 valence electrons. The van der Waals surface area contributed by atoms with E-state index in [0.717, 1.165) is 108 Å². The number of sulfonamides is 3. The van der Waals surface area contributed by atoms with Crippen LogP contribution < -0.4 is 23.5 Å². The van der Waals surface area contributed by atoms with E-state index in [1.165, 1.54) is 52.5 Å². The first kappa shape index (κ1) is 88.8. The summed E-state index contributed by atoms with van der Waals surface area (Å²) < 4.78 is 237. The van der Waals surface area contributed by atoms with Crippen molar-refractivity contribution in [2.24, 2.45) is 15.1 Å². The van der Waals surface area contributed by atoms with E-state index >= 15 is 0 Å². The third kappa shape index (κ3) is 24.5. The van der Waals surface area contributed by atoms with Crippen molar-refractivity contribution in [2.75, 3.05) is 79.4 Å². The van der Waals surface area contributed by atoms with Crippen molar-refractivity contribution in [1.82, 2.24) is 19.9 Å². The van der Waals surface area contributed by atoms with Crippen LogP contribution >= 0.6 is 81.4 Å². The molecule has 25 nitrogen and oxygen atoms in total. The number of aromatic carboxylic acids is 1. The Balaban J connectivity index is 0.000000305. The number of nitrogens with one attached hydrogen (secondary N) is 3. The number of carboxylic acid groups (broad SMARTS) is 1. The molecule has 3 heterocycles. The van der Waals surface area contributed by atoms with Crippen LogP contribution in [-0.4, -0.2) is 124 Å². The Labute approximate surface area is 624 Å². The fraction of sp³-hybridized carbons (Fsp3) is 0.186. The summed E-state index contributed by atoms with van der Waals surface area (Å²) in [4.78, 5) is 48.1. The summed E-state index contributed by atoms with van der Waals surface area (Å²) in [5.74, 6) is -3.74. The molecule has 0 spiro atoms. The lowest BCUT2D eigenvalue weighted by Crippen LogP contribution is -2.36. The zero-order valence-electron chi connectivity index (χ0n) is 53.6. The molecule has 0 aliphatic heterocycles. The lowest BCUT2D eigenvalue weighted by molar-refractivity contribution is -0.138. The molecule has 0 bridgehead atoms. The second kappa shape index (κ2) is 38.1. The van der Waals surface area contributed by atoms with Gasteiger partial charge in [-0.2, -0.15) is 45.0 Å². The number of halogens is 18. The van der Waals surface area contributed by atoms with Crippen LogP contribution in [0.2, 0.25) is 30.1 Å². The lowest BCUT2D eigenvalue weighted by atomic mass is 10.2. The SMILES string of the molecule is CN(C(=O)c1ncc(Cl)cc1NS(=O)(=O)c1ccc(Cl)c(C(F)(F)F)c1)c1ccc(F)cc1.CNc1ccc(F)cc1.COCN(c1cc(Cl)cnc1C(=O)N(C)C)S(=O)(=O)c1ccc(Cl)c(C(F)(F)F)c1.COCN(c1cc(Cl)cnc1C(=O)O)S(=O)(=O)c1ccc(Cl)c(C(F)(F)F)c1.N=NN=NCl. The van der Waals surface area contributed by atoms with Crippen LogP contribution in [0.5, 0.6) is 0 Å². The molecule has 2 amide bonds. The predicted molar refractivity (Wildman–Crippen MR) is 367 cm³/mol. The highest BCUT2D eigenvalue weighted by Crippen LogP contribution is 2.41. The van der Waals surface area contributed by atoms with Crippen LogP contribution in [0.1, 0.15) is 48.2 Å². The van der Waals surface area contributed by atoms with E-state index in [2.05, 4.69) is 47.1 Å². The molecule has 4 N–H and O–H groups in total. The lowest BCUT2D eigenvalue weighted by Gasteiger charge is -2.26. The molecule has 0 saturated heterocycles. The van der Waals surface area contributed by atoms with Crippen LogP contribution in [0.15, 0.2) is 170 Å². The number of carbonyl (C=O) groups excluding carboxylic acids is 2. The fourth-order valence-electron chi connectivity index (χ4n) is 7.92. The number of hydrogen-bond donors (Lipinski definition) is 4. The molecule has 105 heavy (non-hydrogen) atoms. The van der Waals surface area contributed by atoms with Crippen molar-refractivity contribution in [3.63, 3.8) is 0 Å². The Bertz CT molecular complexity index is 4820. The summed E-state index contributed by atoms with van der Waals surface area (Å²) >= 11 is 38.8. The average molecular weight is 1690 g/mol. The number of amides is 2. The van der Waals surface area contributed by atoms with Crippen LogP contribution in [0.25, 0.3) is 0 Å². The quantitative estimate of drug-likeness (QED) is 0.0253. The Kier molecular flexibility index (Phi) is 32.2. The van der Waals surface area contributed by atoms with E-state index < -0.39 is 143 Å². The number of nitrogens with zero attached hydrogens (tertiary/aromatic N) is 10. The molecule has 0 saturated carbocycles. The zero-order chi connectivity index (χ0) is 79.5. The van der Waals surface area contributed by atoms with E-state index in [4.69, 9.17) is 84.6 Å². The van der Waals surface area contributed by atoms with E-state index in [1.54, 1.807) is 19.2 Å². The number of carbonyl (C=O) groups is 3. The minimum atomic E-state index is -4.90. The molecule has 46 heteroatoms.